The molecule has 2 aromatic heterocycles. The van der Waals surface area contributed by atoms with Gasteiger partial charge in [0.15, 0.2) is 10.9 Å². The lowest BCUT2D eigenvalue weighted by atomic mass is 10.2. The molecular weight excluding hydrogens is 521 g/mol. The number of aryl methyl sites for hydroxylation is 2. The van der Waals surface area contributed by atoms with E-state index in [-0.39, 0.29) is 17.2 Å². The third-order valence-corrected chi connectivity index (χ3v) is 5.87. The molecule has 1 amide bonds. The zero-order chi connectivity index (χ0) is 27.3. The summed E-state index contributed by atoms with van der Waals surface area (Å²) in [5.41, 5.74) is 2.96. The molecule has 0 radical (unpaired) electrons. The van der Waals surface area contributed by atoms with Crippen LogP contribution in [0.1, 0.15) is 34.5 Å². The maximum atomic E-state index is 13.2. The lowest BCUT2D eigenvalue weighted by molar-refractivity contribution is -0.274. The summed E-state index contributed by atoms with van der Waals surface area (Å²) in [6.45, 7) is 6.09. The Labute approximate surface area is 220 Å². The molecule has 0 spiro atoms. The van der Waals surface area contributed by atoms with Crippen molar-refractivity contribution in [3.63, 3.8) is 0 Å². The summed E-state index contributed by atoms with van der Waals surface area (Å²) in [6, 6.07) is 13.8. The van der Waals surface area contributed by atoms with Crippen LogP contribution < -0.4 is 14.8 Å². The lowest BCUT2D eigenvalue weighted by Crippen LogP contribution is -2.17. The highest BCUT2D eigenvalue weighted by Crippen LogP contribution is 2.27. The molecule has 0 aliphatic rings. The smallest absolute Gasteiger partial charge is 0.494 e. The van der Waals surface area contributed by atoms with Gasteiger partial charge in [0, 0.05) is 22.8 Å². The average molecular weight is 545 g/mol. The zero-order valence-electron chi connectivity index (χ0n) is 20.6. The molecule has 0 atom stereocenters. The lowest BCUT2D eigenvalue weighted by Gasteiger charge is -2.11. The van der Waals surface area contributed by atoms with Gasteiger partial charge in [0.1, 0.15) is 11.5 Å². The van der Waals surface area contributed by atoms with Gasteiger partial charge in [-0.15, -0.1) is 18.3 Å². The van der Waals surface area contributed by atoms with Gasteiger partial charge < -0.3 is 14.8 Å². The number of nitrogens with zero attached hydrogens (tertiary/aromatic N) is 5. The van der Waals surface area contributed by atoms with Crippen molar-refractivity contribution >= 4 is 23.4 Å². The number of benzene rings is 2. The Hall–Kier alpha value is -4.13. The maximum Gasteiger partial charge on any atom is 0.573 e. The molecule has 0 unspecified atom stereocenters. The molecule has 0 bridgehead atoms. The minimum Gasteiger partial charge on any atom is -0.494 e. The fourth-order valence-corrected chi connectivity index (χ4v) is 4.43. The molecule has 0 fully saturated rings. The van der Waals surface area contributed by atoms with Crippen molar-refractivity contribution in [3.8, 4) is 17.2 Å². The summed E-state index contributed by atoms with van der Waals surface area (Å²) < 4.78 is 48.4. The number of anilines is 1. The molecule has 0 saturated heterocycles. The minimum atomic E-state index is -4.81. The second-order valence-electron chi connectivity index (χ2n) is 7.97. The highest BCUT2D eigenvalue weighted by molar-refractivity contribution is 7.98. The summed E-state index contributed by atoms with van der Waals surface area (Å²) >= 11 is 1.28. The molecule has 0 saturated carbocycles. The van der Waals surface area contributed by atoms with Crippen LogP contribution in [0.4, 0.5) is 18.9 Å². The number of thioether (sulfide) groups is 1. The van der Waals surface area contributed by atoms with Crippen molar-refractivity contribution in [3.05, 3.63) is 77.4 Å². The van der Waals surface area contributed by atoms with Gasteiger partial charge in [-0.1, -0.05) is 17.0 Å². The summed E-state index contributed by atoms with van der Waals surface area (Å²) in [5, 5.41) is 11.5. The van der Waals surface area contributed by atoms with Crippen LogP contribution in [-0.2, 0) is 5.75 Å². The molecule has 2 heterocycles. The fourth-order valence-electron chi connectivity index (χ4n) is 3.49. The molecule has 0 aliphatic carbocycles. The van der Waals surface area contributed by atoms with E-state index in [1.807, 2.05) is 26.8 Å². The molecule has 198 valence electrons. The number of halogens is 3. The molecule has 13 heteroatoms. The first-order chi connectivity index (χ1) is 18.1. The molecule has 1 N–H and O–H groups in total. The molecule has 38 heavy (non-hydrogen) atoms. The summed E-state index contributed by atoms with van der Waals surface area (Å²) in [5.74, 6) is -0.00776. The number of alkyl halides is 3. The van der Waals surface area contributed by atoms with E-state index >= 15 is 0 Å². The minimum absolute atomic E-state index is 0.0476. The molecule has 4 rings (SSSR count). The second kappa shape index (κ2) is 11.5. The average Bonchev–Trinajstić information content (AvgIpc) is 3.27. The van der Waals surface area contributed by atoms with Gasteiger partial charge in [0.05, 0.1) is 18.0 Å². The Kier molecular flexibility index (Phi) is 8.15. The van der Waals surface area contributed by atoms with Gasteiger partial charge in [-0.3, -0.25) is 4.79 Å². The highest BCUT2D eigenvalue weighted by atomic mass is 32.2. The first-order valence-electron chi connectivity index (χ1n) is 11.4. The number of amides is 1. The van der Waals surface area contributed by atoms with E-state index in [2.05, 4.69) is 30.3 Å². The van der Waals surface area contributed by atoms with E-state index in [1.54, 1.807) is 24.3 Å². The van der Waals surface area contributed by atoms with Crippen molar-refractivity contribution in [2.45, 2.75) is 38.0 Å². The van der Waals surface area contributed by atoms with Gasteiger partial charge in [-0.25, -0.2) is 14.6 Å². The number of hydrogen-bond acceptors (Lipinski definition) is 8. The van der Waals surface area contributed by atoms with E-state index in [9.17, 15) is 18.0 Å². The molecule has 2 aromatic carbocycles. The van der Waals surface area contributed by atoms with Crippen LogP contribution in [0.2, 0.25) is 0 Å². The number of hydrogen-bond donors (Lipinski definition) is 1. The van der Waals surface area contributed by atoms with Crippen LogP contribution in [0.25, 0.3) is 5.69 Å². The number of ether oxygens (including phenoxy) is 2. The van der Waals surface area contributed by atoms with Crippen molar-refractivity contribution in [2.75, 3.05) is 11.9 Å². The monoisotopic (exact) mass is 544 g/mol. The second-order valence-corrected chi connectivity index (χ2v) is 8.91. The number of rotatable bonds is 9. The third-order valence-electron chi connectivity index (χ3n) is 5.02. The SMILES string of the molecule is CCOc1ccc(NC(=O)c2nnn(-c3ccc(OC(F)(F)F)cc3)c2CSc2nc(C)cc(C)n2)cc1. The number of nitrogens with one attached hydrogen (secondary N) is 1. The van der Waals surface area contributed by atoms with Crippen LogP contribution in [-0.4, -0.2) is 43.8 Å². The molecule has 4 aromatic rings. The van der Waals surface area contributed by atoms with E-state index in [0.29, 0.717) is 34.6 Å². The van der Waals surface area contributed by atoms with Crippen molar-refractivity contribution in [2.24, 2.45) is 0 Å². The number of carbonyl (C=O) groups is 1. The number of aromatic nitrogens is 5. The van der Waals surface area contributed by atoms with Crippen LogP contribution in [0.3, 0.4) is 0 Å². The molecular formula is C25H23F3N6O3S. The molecule has 0 aliphatic heterocycles. The van der Waals surface area contributed by atoms with Gasteiger partial charge in [-0.2, -0.15) is 0 Å². The Morgan fingerprint density at radius 1 is 1.00 bits per heavy atom. The van der Waals surface area contributed by atoms with Gasteiger partial charge >= 0.3 is 6.36 Å². The van der Waals surface area contributed by atoms with E-state index in [0.717, 1.165) is 23.5 Å². The normalized spacial score (nSPS) is 11.3. The Balaban J connectivity index is 1.63. The standard InChI is InChI=1S/C25H23F3N6O3S/c1-4-36-19-9-5-17(6-10-19)31-23(35)22-21(14-38-24-29-15(2)13-16(3)30-24)34(33-32-22)18-7-11-20(12-8-18)37-25(26,27)28/h5-13H,4,14H2,1-3H3,(H,31,35). The summed E-state index contributed by atoms with van der Waals surface area (Å²) in [7, 11) is 0. The predicted octanol–water partition coefficient (Wildman–Crippen LogP) is 5.52. The quantitative estimate of drug-likeness (QED) is 0.217. The van der Waals surface area contributed by atoms with Gasteiger partial charge in [-0.05, 0) is 75.4 Å². The largest absolute Gasteiger partial charge is 0.573 e. The Morgan fingerprint density at radius 3 is 2.24 bits per heavy atom. The van der Waals surface area contributed by atoms with Crippen LogP contribution in [0.5, 0.6) is 11.5 Å². The summed E-state index contributed by atoms with van der Waals surface area (Å²) in [4.78, 5) is 22.0. The number of carbonyl (C=O) groups excluding carboxylic acids is 1. The van der Waals surface area contributed by atoms with Crippen LogP contribution in [0.15, 0.2) is 59.8 Å². The van der Waals surface area contributed by atoms with E-state index in [4.69, 9.17) is 4.74 Å². The zero-order valence-corrected chi connectivity index (χ0v) is 21.4. The first kappa shape index (κ1) is 26.9. The van der Waals surface area contributed by atoms with Crippen LogP contribution >= 0.6 is 11.8 Å². The Bertz CT molecular complexity index is 1390. The van der Waals surface area contributed by atoms with Crippen molar-refractivity contribution in [1.29, 1.82) is 0 Å². The maximum absolute atomic E-state index is 13.2. The summed E-state index contributed by atoms with van der Waals surface area (Å²) in [6.07, 6.45) is -4.81. The van der Waals surface area contributed by atoms with Gasteiger partial charge in [0.2, 0.25) is 0 Å². The third kappa shape index (κ3) is 7.00. The molecule has 9 nitrogen and oxygen atoms in total. The first-order valence-corrected chi connectivity index (χ1v) is 12.4. The van der Waals surface area contributed by atoms with E-state index in [1.165, 1.54) is 28.6 Å². The predicted molar refractivity (Wildman–Crippen MR) is 135 cm³/mol. The Morgan fingerprint density at radius 2 is 1.63 bits per heavy atom. The van der Waals surface area contributed by atoms with Crippen LogP contribution in [0, 0.1) is 13.8 Å². The van der Waals surface area contributed by atoms with Gasteiger partial charge in [0.25, 0.3) is 5.91 Å². The topological polar surface area (TPSA) is 104 Å². The van der Waals surface area contributed by atoms with E-state index < -0.39 is 12.3 Å². The van der Waals surface area contributed by atoms with Crippen molar-refractivity contribution in [1.82, 2.24) is 25.0 Å². The highest BCUT2D eigenvalue weighted by Gasteiger charge is 2.31. The van der Waals surface area contributed by atoms with Crippen molar-refractivity contribution < 1.29 is 27.4 Å². The fraction of sp³-hybridized carbons (Fsp3) is 0.240.